The maximum atomic E-state index is 3.79. The van der Waals surface area contributed by atoms with Crippen molar-refractivity contribution in [2.45, 2.75) is 52.1 Å². The lowest BCUT2D eigenvalue weighted by atomic mass is 9.80. The Morgan fingerprint density at radius 2 is 1.95 bits per heavy atom. The van der Waals surface area contributed by atoms with Crippen molar-refractivity contribution in [1.29, 1.82) is 0 Å². The molecular weight excluding hydrogens is 232 g/mol. The van der Waals surface area contributed by atoms with E-state index in [1.165, 1.54) is 42.5 Å². The summed E-state index contributed by atoms with van der Waals surface area (Å²) in [5.74, 6) is 1.75. The van der Waals surface area contributed by atoms with Gasteiger partial charge in [0.25, 0.3) is 0 Å². The lowest BCUT2D eigenvalue weighted by Crippen LogP contribution is -2.36. The van der Waals surface area contributed by atoms with Crippen LogP contribution in [0, 0.1) is 11.8 Å². The molecular formula is C17H26N2. The Bertz CT molecular complexity index is 431. The van der Waals surface area contributed by atoms with Gasteiger partial charge in [-0.3, -0.25) is 0 Å². The number of hydrogen-bond acceptors (Lipinski definition) is 2. The molecule has 0 bridgehead atoms. The zero-order valence-electron chi connectivity index (χ0n) is 12.2. The van der Waals surface area contributed by atoms with Gasteiger partial charge in [-0.2, -0.15) is 0 Å². The van der Waals surface area contributed by atoms with Crippen LogP contribution in [0.25, 0.3) is 0 Å². The lowest BCUT2D eigenvalue weighted by Gasteiger charge is -2.32. The van der Waals surface area contributed by atoms with Crippen LogP contribution in [0.2, 0.25) is 0 Å². The second kappa shape index (κ2) is 5.54. The van der Waals surface area contributed by atoms with Crippen molar-refractivity contribution in [2.75, 3.05) is 11.9 Å². The first-order valence-corrected chi connectivity index (χ1v) is 7.80. The summed E-state index contributed by atoms with van der Waals surface area (Å²) in [6.07, 6.45) is 5.26. The Morgan fingerprint density at radius 1 is 1.16 bits per heavy atom. The van der Waals surface area contributed by atoms with E-state index in [0.717, 1.165) is 24.9 Å². The van der Waals surface area contributed by atoms with Crippen LogP contribution in [-0.2, 0) is 13.0 Å². The van der Waals surface area contributed by atoms with Crippen molar-refractivity contribution in [1.82, 2.24) is 5.32 Å². The molecule has 104 valence electrons. The molecule has 0 amide bonds. The zero-order valence-corrected chi connectivity index (χ0v) is 12.2. The van der Waals surface area contributed by atoms with E-state index in [2.05, 4.69) is 42.7 Å². The Labute approximate surface area is 117 Å². The van der Waals surface area contributed by atoms with Gasteiger partial charge in [0.2, 0.25) is 0 Å². The van der Waals surface area contributed by atoms with Gasteiger partial charge in [-0.05, 0) is 48.6 Å². The molecule has 3 rings (SSSR count). The highest BCUT2D eigenvalue weighted by molar-refractivity contribution is 5.61. The average Bonchev–Trinajstić information content (AvgIpc) is 2.83. The highest BCUT2D eigenvalue weighted by Crippen LogP contribution is 2.30. The van der Waals surface area contributed by atoms with E-state index in [4.69, 9.17) is 0 Å². The van der Waals surface area contributed by atoms with Gasteiger partial charge in [0.05, 0.1) is 0 Å². The predicted octanol–water partition coefficient (Wildman–Crippen LogP) is 3.57. The first kappa shape index (κ1) is 13.0. The highest BCUT2D eigenvalue weighted by atomic mass is 14.9. The maximum absolute atomic E-state index is 3.79. The second-order valence-electron chi connectivity index (χ2n) is 6.62. The summed E-state index contributed by atoms with van der Waals surface area (Å²) in [4.78, 5) is 0. The lowest BCUT2D eigenvalue weighted by molar-refractivity contribution is 0.238. The van der Waals surface area contributed by atoms with Crippen molar-refractivity contribution < 1.29 is 0 Å². The second-order valence-corrected chi connectivity index (χ2v) is 6.62. The fourth-order valence-corrected chi connectivity index (χ4v) is 3.93. The summed E-state index contributed by atoms with van der Waals surface area (Å²) < 4.78 is 0. The van der Waals surface area contributed by atoms with Gasteiger partial charge in [-0.1, -0.05) is 32.0 Å². The van der Waals surface area contributed by atoms with Gasteiger partial charge in [-0.25, -0.2) is 0 Å². The van der Waals surface area contributed by atoms with Gasteiger partial charge >= 0.3 is 0 Å². The average molecular weight is 258 g/mol. The molecule has 2 N–H and O–H groups in total. The fraction of sp³-hybridized carbons (Fsp3) is 0.647. The summed E-state index contributed by atoms with van der Waals surface area (Å²) in [5.41, 5.74) is 4.33. The SMILES string of the molecule is CC1CC(C)CC(NCc2cccc3c2NCC3)C1. The van der Waals surface area contributed by atoms with E-state index in [0.29, 0.717) is 6.04 Å². The Morgan fingerprint density at radius 3 is 2.74 bits per heavy atom. The minimum absolute atomic E-state index is 0.705. The van der Waals surface area contributed by atoms with E-state index < -0.39 is 0 Å². The molecule has 1 saturated carbocycles. The van der Waals surface area contributed by atoms with Crippen molar-refractivity contribution in [2.24, 2.45) is 11.8 Å². The van der Waals surface area contributed by atoms with Crippen molar-refractivity contribution in [3.05, 3.63) is 29.3 Å². The first-order chi connectivity index (χ1) is 9.22. The smallest absolute Gasteiger partial charge is 0.0419 e. The van der Waals surface area contributed by atoms with Crippen molar-refractivity contribution in [3.63, 3.8) is 0 Å². The minimum atomic E-state index is 0.705. The minimum Gasteiger partial charge on any atom is -0.384 e. The largest absolute Gasteiger partial charge is 0.384 e. The van der Waals surface area contributed by atoms with Gasteiger partial charge in [0.15, 0.2) is 0 Å². The molecule has 1 aliphatic carbocycles. The number of para-hydroxylation sites is 1. The van der Waals surface area contributed by atoms with Crippen LogP contribution < -0.4 is 10.6 Å². The van der Waals surface area contributed by atoms with Crippen molar-refractivity contribution >= 4 is 5.69 Å². The number of benzene rings is 1. The molecule has 0 spiro atoms. The van der Waals surface area contributed by atoms with Crippen LogP contribution in [0.4, 0.5) is 5.69 Å². The quantitative estimate of drug-likeness (QED) is 0.866. The molecule has 1 aromatic rings. The Hall–Kier alpha value is -1.02. The van der Waals surface area contributed by atoms with E-state index in [1.807, 2.05) is 0 Å². The molecule has 2 atom stereocenters. The molecule has 2 aliphatic rings. The standard InChI is InChI=1S/C17H26N2/c1-12-8-13(2)10-16(9-12)19-11-15-5-3-4-14-6-7-18-17(14)15/h3-5,12-13,16,18-19H,6-11H2,1-2H3. The van der Waals surface area contributed by atoms with Crippen LogP contribution in [0.1, 0.15) is 44.2 Å². The zero-order chi connectivity index (χ0) is 13.2. The van der Waals surface area contributed by atoms with Crippen LogP contribution in [0.5, 0.6) is 0 Å². The fourth-order valence-electron chi connectivity index (χ4n) is 3.93. The molecule has 1 fully saturated rings. The molecule has 2 heteroatoms. The summed E-state index contributed by atoms with van der Waals surface area (Å²) in [7, 11) is 0. The van der Waals surface area contributed by atoms with Gasteiger partial charge in [0.1, 0.15) is 0 Å². The monoisotopic (exact) mass is 258 g/mol. The maximum Gasteiger partial charge on any atom is 0.0419 e. The number of anilines is 1. The van der Waals surface area contributed by atoms with Crippen LogP contribution in [-0.4, -0.2) is 12.6 Å². The third kappa shape index (κ3) is 2.94. The highest BCUT2D eigenvalue weighted by Gasteiger charge is 2.23. The summed E-state index contributed by atoms with van der Waals surface area (Å²) in [6, 6.07) is 7.43. The van der Waals surface area contributed by atoms with Crippen LogP contribution in [0.15, 0.2) is 18.2 Å². The number of nitrogens with one attached hydrogen (secondary N) is 2. The molecule has 2 nitrogen and oxygen atoms in total. The summed E-state index contributed by atoms with van der Waals surface area (Å²) >= 11 is 0. The number of fused-ring (bicyclic) bond motifs is 1. The van der Waals surface area contributed by atoms with Gasteiger partial charge in [0, 0.05) is 24.8 Å². The van der Waals surface area contributed by atoms with Crippen LogP contribution in [0.3, 0.4) is 0 Å². The van der Waals surface area contributed by atoms with Crippen LogP contribution >= 0.6 is 0 Å². The molecule has 0 saturated heterocycles. The molecule has 0 aromatic heterocycles. The predicted molar refractivity (Wildman–Crippen MR) is 81.4 cm³/mol. The van der Waals surface area contributed by atoms with E-state index >= 15 is 0 Å². The Kier molecular flexibility index (Phi) is 3.79. The first-order valence-electron chi connectivity index (χ1n) is 7.80. The van der Waals surface area contributed by atoms with E-state index in [-0.39, 0.29) is 0 Å². The van der Waals surface area contributed by atoms with Gasteiger partial charge < -0.3 is 10.6 Å². The van der Waals surface area contributed by atoms with E-state index in [9.17, 15) is 0 Å². The molecule has 1 heterocycles. The molecule has 0 radical (unpaired) electrons. The normalized spacial score (nSPS) is 29.9. The summed E-state index contributed by atoms with van der Waals surface area (Å²) in [5, 5.41) is 7.32. The topological polar surface area (TPSA) is 24.1 Å². The molecule has 1 aromatic carbocycles. The number of hydrogen-bond donors (Lipinski definition) is 2. The van der Waals surface area contributed by atoms with Crippen molar-refractivity contribution in [3.8, 4) is 0 Å². The molecule has 1 aliphatic heterocycles. The number of rotatable bonds is 3. The Balaban J connectivity index is 1.62. The third-order valence-corrected chi connectivity index (χ3v) is 4.69. The summed E-state index contributed by atoms with van der Waals surface area (Å²) in [6.45, 7) is 6.91. The molecule has 2 unspecified atom stereocenters. The van der Waals surface area contributed by atoms with Gasteiger partial charge in [-0.15, -0.1) is 0 Å². The van der Waals surface area contributed by atoms with E-state index in [1.54, 1.807) is 0 Å². The third-order valence-electron chi connectivity index (χ3n) is 4.69. The molecule has 19 heavy (non-hydrogen) atoms.